The summed E-state index contributed by atoms with van der Waals surface area (Å²) in [6.45, 7) is 4.54. The van der Waals surface area contributed by atoms with Gasteiger partial charge in [0.1, 0.15) is 6.10 Å². The molecule has 1 N–H and O–H groups in total. The fraction of sp³-hybridized carbons (Fsp3) is 0.500. The van der Waals surface area contributed by atoms with E-state index in [1.165, 1.54) is 5.56 Å². The second-order valence-electron chi connectivity index (χ2n) is 6.15. The summed E-state index contributed by atoms with van der Waals surface area (Å²) in [6, 6.07) is 8.24. The molecular formula is C18H25N3O2S. The van der Waals surface area contributed by atoms with Gasteiger partial charge >= 0.3 is 0 Å². The molecule has 0 aliphatic carbocycles. The van der Waals surface area contributed by atoms with E-state index < -0.39 is 10.8 Å². The van der Waals surface area contributed by atoms with Gasteiger partial charge in [0.25, 0.3) is 0 Å². The van der Waals surface area contributed by atoms with Crippen molar-refractivity contribution >= 4 is 10.8 Å². The van der Waals surface area contributed by atoms with E-state index in [0.717, 1.165) is 43.0 Å². The van der Waals surface area contributed by atoms with Crippen LogP contribution in [0, 0.1) is 0 Å². The number of benzene rings is 1. The SMILES string of the molecule is CCn1cc([C@H]2OCCC[C@@H]2NCc2ccc(S(C)=O)cc2)cn1. The van der Waals surface area contributed by atoms with Crippen LogP contribution in [0.4, 0.5) is 0 Å². The molecule has 2 heterocycles. The maximum absolute atomic E-state index is 11.5. The molecule has 3 rings (SSSR count). The molecule has 3 atom stereocenters. The first-order valence-electron chi connectivity index (χ1n) is 8.47. The van der Waals surface area contributed by atoms with Crippen molar-refractivity contribution in [3.63, 3.8) is 0 Å². The van der Waals surface area contributed by atoms with Crippen LogP contribution in [0.15, 0.2) is 41.6 Å². The van der Waals surface area contributed by atoms with Crippen LogP contribution in [0.25, 0.3) is 0 Å². The van der Waals surface area contributed by atoms with Crippen LogP contribution >= 0.6 is 0 Å². The van der Waals surface area contributed by atoms with Crippen LogP contribution in [-0.2, 0) is 28.6 Å². The van der Waals surface area contributed by atoms with Gasteiger partial charge in [0.15, 0.2) is 0 Å². The van der Waals surface area contributed by atoms with Gasteiger partial charge in [0, 0.05) is 59.4 Å². The highest BCUT2D eigenvalue weighted by Gasteiger charge is 2.28. The summed E-state index contributed by atoms with van der Waals surface area (Å²) in [7, 11) is -0.924. The number of nitrogens with one attached hydrogen (secondary N) is 1. The summed E-state index contributed by atoms with van der Waals surface area (Å²) in [5, 5.41) is 7.99. The lowest BCUT2D eigenvalue weighted by molar-refractivity contribution is -0.0112. The average Bonchev–Trinajstić information content (AvgIpc) is 3.09. The maximum Gasteiger partial charge on any atom is 0.101 e. The summed E-state index contributed by atoms with van der Waals surface area (Å²) in [5.74, 6) is 0. The second-order valence-corrected chi connectivity index (χ2v) is 7.53. The normalized spacial score (nSPS) is 22.4. The third kappa shape index (κ3) is 4.12. The highest BCUT2D eigenvalue weighted by Crippen LogP contribution is 2.28. The molecule has 1 aromatic heterocycles. The molecule has 1 aliphatic rings. The molecular weight excluding hydrogens is 322 g/mol. The van der Waals surface area contributed by atoms with Gasteiger partial charge in [-0.1, -0.05) is 12.1 Å². The lowest BCUT2D eigenvalue weighted by Crippen LogP contribution is -2.39. The van der Waals surface area contributed by atoms with Crippen LogP contribution in [0.1, 0.15) is 37.0 Å². The number of ether oxygens (including phenoxy) is 1. The van der Waals surface area contributed by atoms with Gasteiger partial charge in [-0.05, 0) is 37.5 Å². The van der Waals surface area contributed by atoms with E-state index in [2.05, 4.69) is 23.5 Å². The van der Waals surface area contributed by atoms with E-state index in [1.54, 1.807) is 6.26 Å². The number of aromatic nitrogens is 2. The molecule has 1 aromatic carbocycles. The molecule has 0 radical (unpaired) electrons. The maximum atomic E-state index is 11.5. The van der Waals surface area contributed by atoms with E-state index in [4.69, 9.17) is 4.74 Å². The Balaban J connectivity index is 1.64. The van der Waals surface area contributed by atoms with Crippen molar-refractivity contribution < 1.29 is 8.95 Å². The van der Waals surface area contributed by atoms with Crippen molar-refractivity contribution in [2.45, 2.75) is 49.9 Å². The largest absolute Gasteiger partial charge is 0.372 e. The van der Waals surface area contributed by atoms with E-state index in [1.807, 2.05) is 35.1 Å². The third-order valence-electron chi connectivity index (χ3n) is 4.45. The molecule has 0 amide bonds. The van der Waals surface area contributed by atoms with Crippen molar-refractivity contribution in [3.05, 3.63) is 47.8 Å². The molecule has 1 saturated heterocycles. The van der Waals surface area contributed by atoms with Crippen LogP contribution in [0.2, 0.25) is 0 Å². The van der Waals surface area contributed by atoms with Crippen LogP contribution in [-0.4, -0.2) is 32.9 Å². The molecule has 1 fully saturated rings. The fourth-order valence-electron chi connectivity index (χ4n) is 3.07. The van der Waals surface area contributed by atoms with Crippen molar-refractivity contribution in [3.8, 4) is 0 Å². The molecule has 6 heteroatoms. The Bertz CT molecular complexity index is 684. The first-order valence-corrected chi connectivity index (χ1v) is 10.0. The Morgan fingerprint density at radius 2 is 2.17 bits per heavy atom. The molecule has 0 spiro atoms. The monoisotopic (exact) mass is 347 g/mol. The summed E-state index contributed by atoms with van der Waals surface area (Å²) in [4.78, 5) is 0.865. The number of hydrogen-bond acceptors (Lipinski definition) is 4. The quantitative estimate of drug-likeness (QED) is 0.873. The third-order valence-corrected chi connectivity index (χ3v) is 5.39. The lowest BCUT2D eigenvalue weighted by atomic mass is 9.98. The topological polar surface area (TPSA) is 56.1 Å². The number of nitrogens with zero attached hydrogens (tertiary/aromatic N) is 2. The number of rotatable bonds is 6. The van der Waals surface area contributed by atoms with Crippen LogP contribution in [0.3, 0.4) is 0 Å². The second kappa shape index (κ2) is 8.05. The summed E-state index contributed by atoms with van der Waals surface area (Å²) in [5.41, 5.74) is 2.34. The molecule has 5 nitrogen and oxygen atoms in total. The minimum absolute atomic E-state index is 0.0569. The Kier molecular flexibility index (Phi) is 5.81. The zero-order valence-electron chi connectivity index (χ0n) is 14.3. The standard InChI is InChI=1S/C18H25N3O2S/c1-3-21-13-15(12-20-21)18-17(5-4-10-23-18)19-11-14-6-8-16(9-7-14)24(2)22/h6-9,12-13,17-19H,3-5,10-11H2,1-2H3/t17-,18+,24?/m0/s1. The Labute approximate surface area is 145 Å². The summed E-state index contributed by atoms with van der Waals surface area (Å²) < 4.78 is 19.4. The van der Waals surface area contributed by atoms with Gasteiger partial charge in [-0.3, -0.25) is 8.89 Å². The number of hydrogen-bond donors (Lipinski definition) is 1. The van der Waals surface area contributed by atoms with Crippen molar-refractivity contribution in [1.29, 1.82) is 0 Å². The first kappa shape index (κ1) is 17.3. The predicted molar refractivity (Wildman–Crippen MR) is 95.2 cm³/mol. The Hall–Kier alpha value is -1.50. The Morgan fingerprint density at radius 3 is 2.83 bits per heavy atom. The molecule has 1 unspecified atom stereocenters. The molecule has 2 aromatic rings. The van der Waals surface area contributed by atoms with Crippen molar-refractivity contribution in [1.82, 2.24) is 15.1 Å². The molecule has 1 aliphatic heterocycles. The highest BCUT2D eigenvalue weighted by atomic mass is 32.2. The van der Waals surface area contributed by atoms with E-state index in [9.17, 15) is 4.21 Å². The van der Waals surface area contributed by atoms with E-state index >= 15 is 0 Å². The summed E-state index contributed by atoms with van der Waals surface area (Å²) in [6.07, 6.45) is 7.92. The highest BCUT2D eigenvalue weighted by molar-refractivity contribution is 7.84. The zero-order chi connectivity index (χ0) is 16.9. The Morgan fingerprint density at radius 1 is 1.38 bits per heavy atom. The lowest BCUT2D eigenvalue weighted by Gasteiger charge is -2.32. The number of aryl methyl sites for hydroxylation is 1. The van der Waals surface area contributed by atoms with Crippen molar-refractivity contribution in [2.24, 2.45) is 0 Å². The molecule has 0 bridgehead atoms. The molecule has 130 valence electrons. The minimum Gasteiger partial charge on any atom is -0.372 e. The van der Waals surface area contributed by atoms with Crippen LogP contribution in [0.5, 0.6) is 0 Å². The van der Waals surface area contributed by atoms with Gasteiger partial charge in [0.2, 0.25) is 0 Å². The van der Waals surface area contributed by atoms with Gasteiger partial charge in [-0.2, -0.15) is 5.10 Å². The van der Waals surface area contributed by atoms with E-state index in [0.29, 0.717) is 0 Å². The van der Waals surface area contributed by atoms with E-state index in [-0.39, 0.29) is 12.1 Å². The minimum atomic E-state index is -0.924. The molecule has 24 heavy (non-hydrogen) atoms. The smallest absolute Gasteiger partial charge is 0.101 e. The molecule has 0 saturated carbocycles. The van der Waals surface area contributed by atoms with Crippen LogP contribution < -0.4 is 5.32 Å². The van der Waals surface area contributed by atoms with Crippen molar-refractivity contribution in [2.75, 3.05) is 12.9 Å². The van der Waals surface area contributed by atoms with Gasteiger partial charge in [-0.15, -0.1) is 0 Å². The zero-order valence-corrected chi connectivity index (χ0v) is 15.1. The van der Waals surface area contributed by atoms with Gasteiger partial charge in [0.05, 0.1) is 6.20 Å². The predicted octanol–water partition coefficient (Wildman–Crippen LogP) is 2.65. The van der Waals surface area contributed by atoms with Gasteiger partial charge < -0.3 is 10.1 Å². The average molecular weight is 347 g/mol. The first-order chi connectivity index (χ1) is 11.7. The summed E-state index contributed by atoms with van der Waals surface area (Å²) >= 11 is 0. The fourth-order valence-corrected chi connectivity index (χ4v) is 3.59. The van der Waals surface area contributed by atoms with Gasteiger partial charge in [-0.25, -0.2) is 0 Å².